The summed E-state index contributed by atoms with van der Waals surface area (Å²) in [7, 11) is 1.36. The predicted molar refractivity (Wildman–Crippen MR) is 84.9 cm³/mol. The summed E-state index contributed by atoms with van der Waals surface area (Å²) >= 11 is 0. The molecule has 1 aliphatic heterocycles. The van der Waals surface area contributed by atoms with Crippen LogP contribution >= 0.6 is 12.4 Å². The Hall–Kier alpha value is -1.59. The average Bonchev–Trinajstić information content (AvgIpc) is 3.15. The van der Waals surface area contributed by atoms with Gasteiger partial charge in [0.15, 0.2) is 0 Å². The molecule has 1 saturated carbocycles. The van der Waals surface area contributed by atoms with E-state index in [9.17, 15) is 9.59 Å². The number of esters is 1. The second-order valence-corrected chi connectivity index (χ2v) is 5.82. The van der Waals surface area contributed by atoms with Crippen molar-refractivity contribution in [3.8, 4) is 0 Å². The van der Waals surface area contributed by atoms with Crippen LogP contribution in [-0.2, 0) is 16.1 Å². The third-order valence-electron chi connectivity index (χ3n) is 4.48. The number of piperidine rings is 1. The monoisotopic (exact) mass is 324 g/mol. The lowest BCUT2D eigenvalue weighted by Crippen LogP contribution is -2.47. The molecule has 1 saturated heterocycles. The lowest BCUT2D eigenvalue weighted by atomic mass is 9.99. The van der Waals surface area contributed by atoms with Crippen LogP contribution in [0.25, 0.3) is 0 Å². The summed E-state index contributed by atoms with van der Waals surface area (Å²) < 4.78 is 4.65. The van der Waals surface area contributed by atoms with Crippen molar-refractivity contribution in [2.75, 3.05) is 7.11 Å². The molecule has 0 spiro atoms. The van der Waals surface area contributed by atoms with Crippen molar-refractivity contribution in [2.24, 2.45) is 5.92 Å². The highest BCUT2D eigenvalue weighted by atomic mass is 35.5. The Bertz CT molecular complexity index is 547. The topological polar surface area (TPSA) is 67.4 Å². The molecule has 2 unspecified atom stereocenters. The van der Waals surface area contributed by atoms with Gasteiger partial charge in [0.05, 0.1) is 18.7 Å². The maximum Gasteiger partial charge on any atom is 0.337 e. The summed E-state index contributed by atoms with van der Waals surface area (Å²) in [5.41, 5.74) is 1.49. The van der Waals surface area contributed by atoms with Crippen molar-refractivity contribution < 1.29 is 14.3 Å². The Morgan fingerprint density at radius 2 is 2.00 bits per heavy atom. The molecule has 5 nitrogen and oxygen atoms in total. The number of amides is 1. The molecule has 6 heteroatoms. The minimum atomic E-state index is -0.350. The second kappa shape index (κ2) is 7.11. The zero-order valence-electron chi connectivity index (χ0n) is 12.5. The van der Waals surface area contributed by atoms with Gasteiger partial charge >= 0.3 is 5.97 Å². The first-order valence-corrected chi connectivity index (χ1v) is 7.38. The van der Waals surface area contributed by atoms with Crippen molar-refractivity contribution >= 4 is 24.3 Å². The van der Waals surface area contributed by atoms with Crippen molar-refractivity contribution in [1.29, 1.82) is 0 Å². The molecule has 2 aliphatic rings. The number of ether oxygens (including phenoxy) is 1. The number of halogens is 1. The van der Waals surface area contributed by atoms with Gasteiger partial charge in [0.2, 0.25) is 5.91 Å². The van der Waals surface area contributed by atoms with Gasteiger partial charge < -0.3 is 15.4 Å². The van der Waals surface area contributed by atoms with Gasteiger partial charge in [-0.05, 0) is 42.9 Å². The fourth-order valence-electron chi connectivity index (χ4n) is 3.33. The van der Waals surface area contributed by atoms with E-state index in [1.165, 1.54) is 13.5 Å². The SMILES string of the molecule is COC(=O)c1ccc(CNC(=O)C2NC3CC[C@@H]2C3)cc1.Cl. The number of hydrogen-bond donors (Lipinski definition) is 2. The molecule has 1 aromatic rings. The van der Waals surface area contributed by atoms with Crippen LogP contribution in [-0.4, -0.2) is 31.1 Å². The molecular formula is C16H21ClN2O3. The van der Waals surface area contributed by atoms with Gasteiger partial charge in [-0.15, -0.1) is 12.4 Å². The van der Waals surface area contributed by atoms with E-state index in [1.54, 1.807) is 12.1 Å². The summed E-state index contributed by atoms with van der Waals surface area (Å²) in [6.45, 7) is 0.482. The summed E-state index contributed by atoms with van der Waals surface area (Å²) in [5.74, 6) is 0.229. The Labute approximate surface area is 136 Å². The maximum atomic E-state index is 12.2. The number of nitrogens with one attached hydrogen (secondary N) is 2. The smallest absolute Gasteiger partial charge is 0.337 e. The van der Waals surface area contributed by atoms with Gasteiger partial charge in [-0.2, -0.15) is 0 Å². The third-order valence-corrected chi connectivity index (χ3v) is 4.48. The molecule has 1 heterocycles. The Balaban J connectivity index is 0.00000176. The minimum absolute atomic E-state index is 0. The summed E-state index contributed by atoms with van der Waals surface area (Å²) in [5, 5.41) is 6.36. The molecule has 120 valence electrons. The molecule has 0 radical (unpaired) electrons. The molecule has 22 heavy (non-hydrogen) atoms. The van der Waals surface area contributed by atoms with Gasteiger partial charge in [0.25, 0.3) is 0 Å². The Morgan fingerprint density at radius 3 is 2.55 bits per heavy atom. The van der Waals surface area contributed by atoms with Crippen molar-refractivity contribution in [3.05, 3.63) is 35.4 Å². The van der Waals surface area contributed by atoms with Gasteiger partial charge in [-0.25, -0.2) is 4.79 Å². The number of rotatable bonds is 4. The van der Waals surface area contributed by atoms with Crippen molar-refractivity contribution in [1.82, 2.24) is 10.6 Å². The zero-order chi connectivity index (χ0) is 14.8. The fraction of sp³-hybridized carbons (Fsp3) is 0.500. The third kappa shape index (κ3) is 3.42. The van der Waals surface area contributed by atoms with Crippen LogP contribution in [0.3, 0.4) is 0 Å². The van der Waals surface area contributed by atoms with E-state index in [0.717, 1.165) is 18.4 Å². The first kappa shape index (κ1) is 16.8. The quantitative estimate of drug-likeness (QED) is 0.826. The average molecular weight is 325 g/mol. The van der Waals surface area contributed by atoms with E-state index in [2.05, 4.69) is 15.4 Å². The van der Waals surface area contributed by atoms with E-state index in [4.69, 9.17) is 0 Å². The minimum Gasteiger partial charge on any atom is -0.465 e. The number of carbonyl (C=O) groups is 2. The molecule has 2 bridgehead atoms. The van der Waals surface area contributed by atoms with Crippen LogP contribution in [0.2, 0.25) is 0 Å². The van der Waals surface area contributed by atoms with Crippen LogP contribution in [0, 0.1) is 5.92 Å². The van der Waals surface area contributed by atoms with Crippen molar-refractivity contribution in [2.45, 2.75) is 37.9 Å². The lowest BCUT2D eigenvalue weighted by Gasteiger charge is -2.22. The van der Waals surface area contributed by atoms with E-state index in [-0.39, 0.29) is 30.3 Å². The van der Waals surface area contributed by atoms with E-state index < -0.39 is 0 Å². The largest absolute Gasteiger partial charge is 0.465 e. The normalized spacial score (nSPS) is 25.4. The zero-order valence-corrected chi connectivity index (χ0v) is 13.3. The Morgan fingerprint density at radius 1 is 1.27 bits per heavy atom. The highest BCUT2D eigenvalue weighted by molar-refractivity contribution is 5.89. The van der Waals surface area contributed by atoms with Crippen LogP contribution < -0.4 is 10.6 Å². The summed E-state index contributed by atoms with van der Waals surface area (Å²) in [6.07, 6.45) is 3.49. The van der Waals surface area contributed by atoms with Crippen LogP contribution in [0.1, 0.15) is 35.2 Å². The van der Waals surface area contributed by atoms with Crippen LogP contribution in [0.5, 0.6) is 0 Å². The molecular weight excluding hydrogens is 304 g/mol. The molecule has 0 aromatic heterocycles. The number of hydrogen-bond acceptors (Lipinski definition) is 4. The van der Waals surface area contributed by atoms with Crippen LogP contribution in [0.15, 0.2) is 24.3 Å². The standard InChI is InChI=1S/C16H20N2O3.ClH/c1-21-16(20)11-4-2-10(3-5-11)9-17-15(19)14-12-6-7-13(8-12)18-14;/h2-5,12-14,18H,6-9H2,1H3,(H,17,19);1H/t12-,13?,14?;/m1./s1. The molecule has 2 N–H and O–H groups in total. The first-order chi connectivity index (χ1) is 10.2. The molecule has 3 atom stereocenters. The second-order valence-electron chi connectivity index (χ2n) is 5.82. The summed E-state index contributed by atoms with van der Waals surface area (Å²) in [4.78, 5) is 23.5. The molecule has 3 rings (SSSR count). The van der Waals surface area contributed by atoms with E-state index in [0.29, 0.717) is 24.1 Å². The molecule has 1 aromatic carbocycles. The molecule has 2 fully saturated rings. The Kier molecular flexibility index (Phi) is 5.42. The summed E-state index contributed by atoms with van der Waals surface area (Å²) in [6, 6.07) is 7.59. The van der Waals surface area contributed by atoms with E-state index >= 15 is 0 Å². The number of carbonyl (C=O) groups excluding carboxylic acids is 2. The van der Waals surface area contributed by atoms with Gasteiger partial charge in [0.1, 0.15) is 0 Å². The van der Waals surface area contributed by atoms with Crippen molar-refractivity contribution in [3.63, 3.8) is 0 Å². The number of benzene rings is 1. The van der Waals surface area contributed by atoms with Gasteiger partial charge in [0, 0.05) is 12.6 Å². The number of methoxy groups -OCH3 is 1. The van der Waals surface area contributed by atoms with Crippen LogP contribution in [0.4, 0.5) is 0 Å². The first-order valence-electron chi connectivity index (χ1n) is 7.38. The lowest BCUT2D eigenvalue weighted by molar-refractivity contribution is -0.124. The maximum absolute atomic E-state index is 12.2. The predicted octanol–water partition coefficient (Wildman–Crippen LogP) is 1.65. The van der Waals surface area contributed by atoms with Gasteiger partial charge in [-0.1, -0.05) is 12.1 Å². The van der Waals surface area contributed by atoms with E-state index in [1.807, 2.05) is 12.1 Å². The molecule has 1 amide bonds. The van der Waals surface area contributed by atoms with Gasteiger partial charge in [-0.3, -0.25) is 4.79 Å². The number of fused-ring (bicyclic) bond motifs is 2. The highest BCUT2D eigenvalue weighted by Crippen LogP contribution is 2.35. The fourth-order valence-corrected chi connectivity index (χ4v) is 3.33. The molecule has 1 aliphatic carbocycles. The highest BCUT2D eigenvalue weighted by Gasteiger charge is 2.42.